The molecule has 3 unspecified atom stereocenters. The Bertz CT molecular complexity index is 205. The second kappa shape index (κ2) is 8.92. The zero-order valence-electron chi connectivity index (χ0n) is 13.0. The van der Waals surface area contributed by atoms with Gasteiger partial charge in [0.05, 0.1) is 0 Å². The number of nitrogens with zero attached hydrogens (tertiary/aromatic N) is 1. The molecule has 1 aliphatic carbocycles. The SMILES string of the molecule is CCC(C)CN(CC)CC1CCCCCC1NC. The van der Waals surface area contributed by atoms with Gasteiger partial charge in [-0.1, -0.05) is 46.5 Å². The van der Waals surface area contributed by atoms with E-state index >= 15 is 0 Å². The molecular formula is C16H34N2. The smallest absolute Gasteiger partial charge is 0.0104 e. The zero-order chi connectivity index (χ0) is 13.4. The highest BCUT2D eigenvalue weighted by Gasteiger charge is 2.24. The van der Waals surface area contributed by atoms with Crippen LogP contribution in [0.15, 0.2) is 0 Å². The Balaban J connectivity index is 2.49. The highest BCUT2D eigenvalue weighted by molar-refractivity contribution is 4.81. The van der Waals surface area contributed by atoms with Gasteiger partial charge in [-0.2, -0.15) is 0 Å². The maximum absolute atomic E-state index is 3.56. The van der Waals surface area contributed by atoms with E-state index < -0.39 is 0 Å². The summed E-state index contributed by atoms with van der Waals surface area (Å²) in [6, 6.07) is 0.749. The van der Waals surface area contributed by atoms with Crippen LogP contribution >= 0.6 is 0 Å². The molecule has 0 aliphatic heterocycles. The van der Waals surface area contributed by atoms with Gasteiger partial charge in [-0.3, -0.25) is 0 Å². The highest BCUT2D eigenvalue weighted by atomic mass is 15.1. The maximum Gasteiger partial charge on any atom is 0.0104 e. The molecule has 0 bridgehead atoms. The van der Waals surface area contributed by atoms with Crippen LogP contribution in [0.5, 0.6) is 0 Å². The van der Waals surface area contributed by atoms with Gasteiger partial charge < -0.3 is 10.2 Å². The Labute approximate surface area is 115 Å². The first-order chi connectivity index (χ1) is 8.71. The first-order valence-corrected chi connectivity index (χ1v) is 8.10. The summed E-state index contributed by atoms with van der Waals surface area (Å²) in [5, 5.41) is 3.56. The third-order valence-corrected chi connectivity index (χ3v) is 4.74. The van der Waals surface area contributed by atoms with E-state index in [0.29, 0.717) is 0 Å². The second-order valence-corrected chi connectivity index (χ2v) is 6.16. The minimum atomic E-state index is 0.749. The highest BCUT2D eigenvalue weighted by Crippen LogP contribution is 2.24. The van der Waals surface area contributed by atoms with Gasteiger partial charge in [0.2, 0.25) is 0 Å². The minimum absolute atomic E-state index is 0.749. The molecule has 0 aromatic heterocycles. The van der Waals surface area contributed by atoms with Crippen molar-refractivity contribution in [1.29, 1.82) is 0 Å². The van der Waals surface area contributed by atoms with Crippen LogP contribution in [0.4, 0.5) is 0 Å². The number of hydrogen-bond acceptors (Lipinski definition) is 2. The van der Waals surface area contributed by atoms with Gasteiger partial charge in [0.15, 0.2) is 0 Å². The van der Waals surface area contributed by atoms with Gasteiger partial charge in [0.1, 0.15) is 0 Å². The largest absolute Gasteiger partial charge is 0.317 e. The Morgan fingerprint density at radius 2 is 1.89 bits per heavy atom. The van der Waals surface area contributed by atoms with Crippen LogP contribution in [-0.4, -0.2) is 37.6 Å². The quantitative estimate of drug-likeness (QED) is 0.699. The molecule has 0 aromatic rings. The topological polar surface area (TPSA) is 15.3 Å². The standard InChI is InChI=1S/C16H34N2/c1-5-14(3)12-18(6-2)13-15-10-8-7-9-11-16(15)17-4/h14-17H,5-13H2,1-4H3. The van der Waals surface area contributed by atoms with Crippen LogP contribution in [0, 0.1) is 11.8 Å². The van der Waals surface area contributed by atoms with E-state index in [1.165, 1.54) is 58.2 Å². The van der Waals surface area contributed by atoms with E-state index in [0.717, 1.165) is 17.9 Å². The van der Waals surface area contributed by atoms with E-state index in [-0.39, 0.29) is 0 Å². The molecule has 108 valence electrons. The van der Waals surface area contributed by atoms with Crippen molar-refractivity contribution in [3.8, 4) is 0 Å². The zero-order valence-corrected chi connectivity index (χ0v) is 13.0. The monoisotopic (exact) mass is 254 g/mol. The van der Waals surface area contributed by atoms with Crippen molar-refractivity contribution in [3.05, 3.63) is 0 Å². The van der Waals surface area contributed by atoms with Crippen molar-refractivity contribution in [2.45, 2.75) is 65.3 Å². The van der Waals surface area contributed by atoms with Crippen LogP contribution in [0.25, 0.3) is 0 Å². The van der Waals surface area contributed by atoms with Gasteiger partial charge in [-0.05, 0) is 38.3 Å². The molecule has 0 radical (unpaired) electrons. The van der Waals surface area contributed by atoms with Gasteiger partial charge in [0, 0.05) is 19.1 Å². The average molecular weight is 254 g/mol. The van der Waals surface area contributed by atoms with Gasteiger partial charge in [0.25, 0.3) is 0 Å². The summed E-state index contributed by atoms with van der Waals surface area (Å²) in [7, 11) is 2.15. The fraction of sp³-hybridized carbons (Fsp3) is 1.00. The molecule has 0 saturated heterocycles. The third kappa shape index (κ3) is 5.27. The van der Waals surface area contributed by atoms with Crippen molar-refractivity contribution < 1.29 is 0 Å². The molecule has 2 nitrogen and oxygen atoms in total. The minimum Gasteiger partial charge on any atom is -0.317 e. The van der Waals surface area contributed by atoms with Crippen molar-refractivity contribution in [1.82, 2.24) is 10.2 Å². The molecule has 0 heterocycles. The number of rotatable bonds is 7. The van der Waals surface area contributed by atoms with E-state index in [1.807, 2.05) is 0 Å². The molecule has 0 amide bonds. The average Bonchev–Trinajstić information content (AvgIpc) is 2.62. The molecule has 1 N–H and O–H groups in total. The summed E-state index contributed by atoms with van der Waals surface area (Å²) in [4.78, 5) is 2.68. The molecule has 1 aliphatic rings. The molecule has 18 heavy (non-hydrogen) atoms. The summed E-state index contributed by atoms with van der Waals surface area (Å²) >= 11 is 0. The molecular weight excluding hydrogens is 220 g/mol. The summed E-state index contributed by atoms with van der Waals surface area (Å²) in [6.07, 6.45) is 8.39. The molecule has 0 spiro atoms. The third-order valence-electron chi connectivity index (χ3n) is 4.74. The van der Waals surface area contributed by atoms with Gasteiger partial charge in [-0.25, -0.2) is 0 Å². The normalized spacial score (nSPS) is 27.2. The summed E-state index contributed by atoms with van der Waals surface area (Å²) < 4.78 is 0. The Morgan fingerprint density at radius 3 is 2.50 bits per heavy atom. The summed E-state index contributed by atoms with van der Waals surface area (Å²) in [5.41, 5.74) is 0. The van der Waals surface area contributed by atoms with E-state index in [1.54, 1.807) is 0 Å². The summed E-state index contributed by atoms with van der Waals surface area (Å²) in [6.45, 7) is 10.8. The van der Waals surface area contributed by atoms with E-state index in [9.17, 15) is 0 Å². The van der Waals surface area contributed by atoms with Crippen molar-refractivity contribution in [3.63, 3.8) is 0 Å². The Kier molecular flexibility index (Phi) is 7.92. The fourth-order valence-electron chi connectivity index (χ4n) is 3.22. The van der Waals surface area contributed by atoms with E-state index in [2.05, 4.69) is 38.0 Å². The van der Waals surface area contributed by atoms with Crippen LogP contribution in [0.3, 0.4) is 0 Å². The first kappa shape index (κ1) is 16.0. The van der Waals surface area contributed by atoms with Crippen molar-refractivity contribution in [2.24, 2.45) is 11.8 Å². The van der Waals surface area contributed by atoms with Crippen LogP contribution in [0.2, 0.25) is 0 Å². The van der Waals surface area contributed by atoms with E-state index in [4.69, 9.17) is 0 Å². The summed E-state index contributed by atoms with van der Waals surface area (Å²) in [5.74, 6) is 1.70. The lowest BCUT2D eigenvalue weighted by molar-refractivity contribution is 0.182. The lowest BCUT2D eigenvalue weighted by Crippen LogP contribution is -2.41. The first-order valence-electron chi connectivity index (χ1n) is 8.10. The predicted molar refractivity (Wildman–Crippen MR) is 81.0 cm³/mol. The van der Waals surface area contributed by atoms with Crippen LogP contribution < -0.4 is 5.32 Å². The molecule has 1 fully saturated rings. The van der Waals surface area contributed by atoms with Crippen molar-refractivity contribution >= 4 is 0 Å². The number of hydrogen-bond donors (Lipinski definition) is 1. The van der Waals surface area contributed by atoms with Gasteiger partial charge in [-0.15, -0.1) is 0 Å². The second-order valence-electron chi connectivity index (χ2n) is 6.16. The fourth-order valence-corrected chi connectivity index (χ4v) is 3.22. The van der Waals surface area contributed by atoms with Gasteiger partial charge >= 0.3 is 0 Å². The molecule has 2 heteroatoms. The van der Waals surface area contributed by atoms with Crippen molar-refractivity contribution in [2.75, 3.05) is 26.7 Å². The van der Waals surface area contributed by atoms with Crippen LogP contribution in [-0.2, 0) is 0 Å². The molecule has 1 rings (SSSR count). The van der Waals surface area contributed by atoms with Crippen LogP contribution in [0.1, 0.15) is 59.3 Å². The molecule has 1 saturated carbocycles. The predicted octanol–water partition coefficient (Wildman–Crippen LogP) is 3.52. The lowest BCUT2D eigenvalue weighted by atomic mass is 9.93. The Morgan fingerprint density at radius 1 is 1.17 bits per heavy atom. The lowest BCUT2D eigenvalue weighted by Gasteiger charge is -2.32. The molecule has 3 atom stereocenters. The number of nitrogens with one attached hydrogen (secondary N) is 1. The molecule has 0 aromatic carbocycles. The Hall–Kier alpha value is -0.0800. The maximum atomic E-state index is 3.56.